The van der Waals surface area contributed by atoms with Crippen molar-refractivity contribution in [1.29, 1.82) is 0 Å². The number of rotatable bonds is 0. The first-order valence-electron chi connectivity index (χ1n) is 11.9. The molecule has 0 fully saturated rings. The third-order valence-corrected chi connectivity index (χ3v) is 5.02. The summed E-state index contributed by atoms with van der Waals surface area (Å²) in [4.78, 5) is 0. The summed E-state index contributed by atoms with van der Waals surface area (Å²) in [6, 6.07) is 0. The molecule has 0 unspecified atom stereocenters. The third kappa shape index (κ3) is 19.2. The van der Waals surface area contributed by atoms with Crippen molar-refractivity contribution in [2.45, 2.75) is 103 Å². The Morgan fingerprint density at radius 1 is 0.214 bits per heavy atom. The maximum absolute atomic E-state index is 2.35. The van der Waals surface area contributed by atoms with Crippen molar-refractivity contribution in [3.63, 3.8) is 0 Å². The van der Waals surface area contributed by atoms with Gasteiger partial charge in [-0.1, -0.05) is 79.3 Å². The molecule has 0 atom stereocenters. The Labute approximate surface area is 175 Å². The van der Waals surface area contributed by atoms with E-state index in [2.05, 4.69) is 72.9 Å². The lowest BCUT2D eigenvalue weighted by Crippen LogP contribution is -1.76. The fourth-order valence-electron chi connectivity index (χ4n) is 3.26. The smallest absolute Gasteiger partial charge is 0.0169 e. The van der Waals surface area contributed by atoms with E-state index in [-0.39, 0.29) is 0 Å². The largest absolute Gasteiger partial charge is 0.0885 e. The number of hydrogen-bond acceptors (Lipinski definition) is 0. The average molecular weight is 381 g/mol. The van der Waals surface area contributed by atoms with Gasteiger partial charge in [-0.15, -0.1) is 0 Å². The lowest BCUT2D eigenvalue weighted by molar-refractivity contribution is 0.694. The summed E-state index contributed by atoms with van der Waals surface area (Å²) in [6.45, 7) is 0. The Hall–Kier alpha value is -1.56. The molecule has 156 valence electrons. The standard InChI is InChI=1S/2C14H22/c2*1-2-4-6-8-10-12-14-13-11-9-7-5-3-1/h1-2,5,7,10,12H,3-4,6,8-9,11,13-14H2;1-2,5,7-8,10H,3-4,6,9,11-14H2. The molecule has 28 heavy (non-hydrogen) atoms. The van der Waals surface area contributed by atoms with Gasteiger partial charge in [-0.05, 0) is 96.3 Å². The summed E-state index contributed by atoms with van der Waals surface area (Å²) in [5.74, 6) is 0. The molecule has 0 saturated heterocycles. The molecule has 2 aliphatic rings. The van der Waals surface area contributed by atoms with Crippen LogP contribution in [0.25, 0.3) is 0 Å². The van der Waals surface area contributed by atoms with Crippen LogP contribution >= 0.6 is 0 Å². The van der Waals surface area contributed by atoms with E-state index in [0.717, 1.165) is 12.8 Å². The van der Waals surface area contributed by atoms with E-state index in [1.165, 1.54) is 89.9 Å². The van der Waals surface area contributed by atoms with Crippen LogP contribution in [-0.4, -0.2) is 0 Å². The monoisotopic (exact) mass is 380 g/mol. The summed E-state index contributed by atoms with van der Waals surface area (Å²) in [5, 5.41) is 0. The second-order valence-corrected chi connectivity index (χ2v) is 7.73. The van der Waals surface area contributed by atoms with Gasteiger partial charge in [0.1, 0.15) is 0 Å². The zero-order valence-electron chi connectivity index (χ0n) is 18.2. The molecule has 0 heterocycles. The molecule has 0 saturated carbocycles. The van der Waals surface area contributed by atoms with Crippen molar-refractivity contribution in [1.82, 2.24) is 0 Å². The Morgan fingerprint density at radius 3 is 0.964 bits per heavy atom. The molecular formula is C28H44. The molecule has 0 aromatic rings. The molecule has 0 heteroatoms. The van der Waals surface area contributed by atoms with Gasteiger partial charge in [0.05, 0.1) is 0 Å². The summed E-state index contributed by atoms with van der Waals surface area (Å²) < 4.78 is 0. The lowest BCUT2D eigenvalue weighted by atomic mass is 10.1. The third-order valence-electron chi connectivity index (χ3n) is 5.02. The molecule has 0 nitrogen and oxygen atoms in total. The van der Waals surface area contributed by atoms with E-state index in [4.69, 9.17) is 0 Å². The van der Waals surface area contributed by atoms with Gasteiger partial charge in [0, 0.05) is 0 Å². The summed E-state index contributed by atoms with van der Waals surface area (Å²) >= 11 is 0. The van der Waals surface area contributed by atoms with Crippen LogP contribution in [0.1, 0.15) is 103 Å². The minimum absolute atomic E-state index is 1.11. The summed E-state index contributed by atoms with van der Waals surface area (Å²) in [5.41, 5.74) is 0. The predicted molar refractivity (Wildman–Crippen MR) is 129 cm³/mol. The molecule has 0 bridgehead atoms. The molecule has 0 spiro atoms. The highest BCUT2D eigenvalue weighted by atomic mass is 13.9. The molecule has 0 aromatic carbocycles. The van der Waals surface area contributed by atoms with E-state index in [1.807, 2.05) is 0 Å². The molecule has 0 aliphatic heterocycles. The quantitative estimate of drug-likeness (QED) is 0.367. The maximum Gasteiger partial charge on any atom is -0.0169 e. The van der Waals surface area contributed by atoms with Crippen LogP contribution in [0, 0.1) is 0 Å². The van der Waals surface area contributed by atoms with Gasteiger partial charge in [-0.2, -0.15) is 0 Å². The highest BCUT2D eigenvalue weighted by molar-refractivity contribution is 4.95. The highest BCUT2D eigenvalue weighted by Gasteiger charge is 1.87. The van der Waals surface area contributed by atoms with E-state index in [0.29, 0.717) is 0 Å². The first-order chi connectivity index (χ1) is 14.0. The van der Waals surface area contributed by atoms with E-state index in [9.17, 15) is 0 Å². The minimum Gasteiger partial charge on any atom is -0.0885 e. The molecule has 0 N–H and O–H groups in total. The number of hydrogen-bond donors (Lipinski definition) is 0. The van der Waals surface area contributed by atoms with Gasteiger partial charge < -0.3 is 0 Å². The van der Waals surface area contributed by atoms with E-state index < -0.39 is 0 Å². The zero-order chi connectivity index (χ0) is 19.8. The second-order valence-electron chi connectivity index (χ2n) is 7.73. The van der Waals surface area contributed by atoms with Crippen molar-refractivity contribution in [2.24, 2.45) is 0 Å². The van der Waals surface area contributed by atoms with Crippen LogP contribution in [0.15, 0.2) is 72.9 Å². The van der Waals surface area contributed by atoms with Crippen molar-refractivity contribution >= 4 is 0 Å². The fraction of sp³-hybridized carbons (Fsp3) is 0.571. The SMILES string of the molecule is C1=CCCC=CCCCCCC=CC1.C1=CCCCC=CCCCCC=CC1. The van der Waals surface area contributed by atoms with Gasteiger partial charge in [0.15, 0.2) is 0 Å². The highest BCUT2D eigenvalue weighted by Crippen LogP contribution is 2.07. The normalized spacial score (nSPS) is 20.6. The van der Waals surface area contributed by atoms with Crippen LogP contribution < -0.4 is 0 Å². The van der Waals surface area contributed by atoms with Crippen LogP contribution in [0.3, 0.4) is 0 Å². The van der Waals surface area contributed by atoms with Crippen molar-refractivity contribution in [2.75, 3.05) is 0 Å². The van der Waals surface area contributed by atoms with Crippen LogP contribution in [0.2, 0.25) is 0 Å². The zero-order valence-corrected chi connectivity index (χ0v) is 18.2. The summed E-state index contributed by atoms with van der Waals surface area (Å²) in [6.07, 6.45) is 48.0. The topological polar surface area (TPSA) is 0 Å². The van der Waals surface area contributed by atoms with Gasteiger partial charge in [0.25, 0.3) is 0 Å². The number of allylic oxidation sites excluding steroid dienone is 12. The molecule has 0 radical (unpaired) electrons. The molecule has 0 aromatic heterocycles. The van der Waals surface area contributed by atoms with Gasteiger partial charge >= 0.3 is 0 Å². The molecule has 0 amide bonds. The predicted octanol–water partition coefficient (Wildman–Crippen LogP) is 9.58. The van der Waals surface area contributed by atoms with Crippen molar-refractivity contribution < 1.29 is 0 Å². The Morgan fingerprint density at radius 2 is 0.500 bits per heavy atom. The van der Waals surface area contributed by atoms with Crippen molar-refractivity contribution in [3.8, 4) is 0 Å². The summed E-state index contributed by atoms with van der Waals surface area (Å²) in [7, 11) is 0. The lowest BCUT2D eigenvalue weighted by Gasteiger charge is -1.96. The molecular weight excluding hydrogens is 336 g/mol. The van der Waals surface area contributed by atoms with Crippen molar-refractivity contribution in [3.05, 3.63) is 72.9 Å². The van der Waals surface area contributed by atoms with Gasteiger partial charge in [0.2, 0.25) is 0 Å². The van der Waals surface area contributed by atoms with E-state index >= 15 is 0 Å². The Balaban J connectivity index is 0.000000280. The fourth-order valence-corrected chi connectivity index (χ4v) is 3.26. The first-order valence-corrected chi connectivity index (χ1v) is 11.9. The average Bonchev–Trinajstić information content (AvgIpc) is 2.72. The van der Waals surface area contributed by atoms with Gasteiger partial charge in [-0.3, -0.25) is 0 Å². The Kier molecular flexibility index (Phi) is 19.0. The molecule has 2 rings (SSSR count). The van der Waals surface area contributed by atoms with Crippen LogP contribution in [-0.2, 0) is 0 Å². The van der Waals surface area contributed by atoms with Crippen LogP contribution in [0.4, 0.5) is 0 Å². The second kappa shape index (κ2) is 21.7. The maximum atomic E-state index is 2.35. The molecule has 2 aliphatic carbocycles. The first kappa shape index (κ1) is 24.5. The van der Waals surface area contributed by atoms with E-state index in [1.54, 1.807) is 0 Å². The Bertz CT molecular complexity index is 484. The van der Waals surface area contributed by atoms with Crippen LogP contribution in [0.5, 0.6) is 0 Å². The van der Waals surface area contributed by atoms with Gasteiger partial charge in [-0.25, -0.2) is 0 Å². The minimum atomic E-state index is 1.11.